The molecule has 0 bridgehead atoms. The molecule has 0 aromatic heterocycles. The van der Waals surface area contributed by atoms with Crippen LogP contribution < -0.4 is 5.73 Å². The average molecular weight is 101 g/mol. The molecule has 1 unspecified atom stereocenters. The molecule has 1 aliphatic heterocycles. The van der Waals surface area contributed by atoms with Gasteiger partial charge in [0.2, 0.25) is 0 Å². The fourth-order valence-corrected chi connectivity index (χ4v) is 1.03. The lowest BCUT2D eigenvalue weighted by molar-refractivity contribution is -0.414. The van der Waals surface area contributed by atoms with Crippen LogP contribution in [0.5, 0.6) is 0 Å². The maximum absolute atomic E-state index is 3.95. The molecule has 0 amide bonds. The van der Waals surface area contributed by atoms with Crippen LogP contribution in [0.3, 0.4) is 0 Å². The summed E-state index contributed by atoms with van der Waals surface area (Å²) in [4.78, 5) is 2.32. The average Bonchev–Trinajstić information content (AvgIpc) is 1.87. The Bertz CT molecular complexity index is 55.1. The fourth-order valence-electron chi connectivity index (χ4n) is 1.03. The third kappa shape index (κ3) is 1.14. The summed E-state index contributed by atoms with van der Waals surface area (Å²) in [7, 11) is 2.14. The second kappa shape index (κ2) is 1.80. The van der Waals surface area contributed by atoms with Crippen LogP contribution in [-0.4, -0.2) is 31.1 Å². The van der Waals surface area contributed by atoms with Crippen LogP contribution in [-0.2, 0) is 0 Å². The van der Waals surface area contributed by atoms with Crippen LogP contribution in [0.15, 0.2) is 0 Å². The zero-order valence-corrected chi connectivity index (χ0v) is 4.85. The molecule has 2 nitrogen and oxygen atoms in total. The van der Waals surface area contributed by atoms with Crippen molar-refractivity contribution < 1.29 is 5.73 Å². The lowest BCUT2D eigenvalue weighted by atomic mass is 10.3. The van der Waals surface area contributed by atoms with E-state index in [4.69, 9.17) is 0 Å². The highest BCUT2D eigenvalue weighted by Gasteiger charge is 2.16. The Hall–Kier alpha value is -0.0800. The van der Waals surface area contributed by atoms with E-state index in [0.717, 1.165) is 0 Å². The molecule has 0 saturated carbocycles. The van der Waals surface area contributed by atoms with E-state index in [-0.39, 0.29) is 0 Å². The van der Waals surface area contributed by atoms with Crippen LogP contribution >= 0.6 is 0 Å². The lowest BCUT2D eigenvalue weighted by Gasteiger charge is -2.01. The molecule has 3 N–H and O–H groups in total. The molecule has 0 aliphatic carbocycles. The smallest absolute Gasteiger partial charge is 0.0984 e. The Kier molecular flexibility index (Phi) is 1.30. The first-order chi connectivity index (χ1) is 3.29. The predicted octanol–water partition coefficient (Wildman–Crippen LogP) is -1.07. The Morgan fingerprint density at radius 2 is 2.43 bits per heavy atom. The van der Waals surface area contributed by atoms with E-state index in [0.29, 0.717) is 6.04 Å². The first kappa shape index (κ1) is 5.06. The molecule has 0 aromatic rings. The second-order valence-corrected chi connectivity index (χ2v) is 2.42. The van der Waals surface area contributed by atoms with Gasteiger partial charge in [0.15, 0.2) is 0 Å². The van der Waals surface area contributed by atoms with Crippen molar-refractivity contribution in [2.75, 3.05) is 20.1 Å². The molecule has 1 rings (SSSR count). The van der Waals surface area contributed by atoms with E-state index in [1.165, 1.54) is 19.5 Å². The monoisotopic (exact) mass is 101 g/mol. The molecule has 0 aromatic carbocycles. The van der Waals surface area contributed by atoms with Gasteiger partial charge in [0.25, 0.3) is 0 Å². The van der Waals surface area contributed by atoms with Crippen molar-refractivity contribution in [3.05, 3.63) is 0 Å². The van der Waals surface area contributed by atoms with Gasteiger partial charge < -0.3 is 10.6 Å². The van der Waals surface area contributed by atoms with E-state index in [9.17, 15) is 0 Å². The summed E-state index contributed by atoms with van der Waals surface area (Å²) >= 11 is 0. The number of likely N-dealkylation sites (tertiary alicyclic amines) is 1. The summed E-state index contributed by atoms with van der Waals surface area (Å²) in [5.41, 5.74) is 3.95. The van der Waals surface area contributed by atoms with Gasteiger partial charge >= 0.3 is 0 Å². The highest BCUT2D eigenvalue weighted by atomic mass is 15.1. The van der Waals surface area contributed by atoms with Gasteiger partial charge in [-0.25, -0.2) is 0 Å². The van der Waals surface area contributed by atoms with E-state index >= 15 is 0 Å². The Labute approximate surface area is 44.3 Å². The summed E-state index contributed by atoms with van der Waals surface area (Å²) in [5.74, 6) is 0. The highest BCUT2D eigenvalue weighted by Crippen LogP contribution is 2.00. The maximum atomic E-state index is 3.95. The van der Waals surface area contributed by atoms with Gasteiger partial charge in [-0.3, -0.25) is 0 Å². The lowest BCUT2D eigenvalue weighted by Crippen LogP contribution is -2.61. The van der Waals surface area contributed by atoms with Crippen LogP contribution in [0.25, 0.3) is 0 Å². The molecule has 0 radical (unpaired) electrons. The maximum Gasteiger partial charge on any atom is 0.0984 e. The third-order valence-electron chi connectivity index (χ3n) is 1.49. The van der Waals surface area contributed by atoms with Gasteiger partial charge in [-0.2, -0.15) is 0 Å². The van der Waals surface area contributed by atoms with Gasteiger partial charge in [0.05, 0.1) is 12.6 Å². The van der Waals surface area contributed by atoms with E-state index < -0.39 is 0 Å². The van der Waals surface area contributed by atoms with E-state index in [1.807, 2.05) is 0 Å². The summed E-state index contributed by atoms with van der Waals surface area (Å²) in [6, 6.07) is 0.699. The number of rotatable bonds is 0. The first-order valence-corrected chi connectivity index (χ1v) is 2.80. The molecule has 42 valence electrons. The Balaban J connectivity index is 2.26. The van der Waals surface area contributed by atoms with Crippen LogP contribution in [0.1, 0.15) is 6.42 Å². The minimum absolute atomic E-state index is 0.699. The normalized spacial score (nSPS) is 34.3. The highest BCUT2D eigenvalue weighted by molar-refractivity contribution is 4.68. The van der Waals surface area contributed by atoms with E-state index in [1.54, 1.807) is 0 Å². The SMILES string of the molecule is CN1CCC([NH3+])C1. The summed E-state index contributed by atoms with van der Waals surface area (Å²) in [6.07, 6.45) is 1.29. The Morgan fingerprint density at radius 3 is 2.57 bits per heavy atom. The molecule has 1 aliphatic rings. The molecule has 1 heterocycles. The van der Waals surface area contributed by atoms with Crippen LogP contribution in [0, 0.1) is 0 Å². The number of quaternary nitrogens is 1. The van der Waals surface area contributed by atoms with Gasteiger partial charge in [-0.15, -0.1) is 0 Å². The van der Waals surface area contributed by atoms with Crippen molar-refractivity contribution in [1.82, 2.24) is 4.90 Å². The second-order valence-electron chi connectivity index (χ2n) is 2.42. The van der Waals surface area contributed by atoms with Gasteiger partial charge in [0.1, 0.15) is 0 Å². The predicted molar refractivity (Wildman–Crippen MR) is 28.8 cm³/mol. The topological polar surface area (TPSA) is 30.9 Å². The Morgan fingerprint density at radius 1 is 1.71 bits per heavy atom. The van der Waals surface area contributed by atoms with E-state index in [2.05, 4.69) is 17.7 Å². The minimum atomic E-state index is 0.699. The molecule has 7 heavy (non-hydrogen) atoms. The summed E-state index contributed by atoms with van der Waals surface area (Å²) < 4.78 is 0. The first-order valence-electron chi connectivity index (χ1n) is 2.80. The molecular formula is C5H13N2+. The number of nitrogens with zero attached hydrogens (tertiary/aromatic N) is 1. The van der Waals surface area contributed by atoms with Crippen molar-refractivity contribution in [2.45, 2.75) is 12.5 Å². The van der Waals surface area contributed by atoms with Crippen molar-refractivity contribution in [2.24, 2.45) is 0 Å². The number of hydrogen-bond acceptors (Lipinski definition) is 1. The summed E-state index contributed by atoms with van der Waals surface area (Å²) in [6.45, 7) is 2.44. The minimum Gasteiger partial charge on any atom is -0.354 e. The standard InChI is InChI=1S/C5H12N2/c1-7-3-2-5(6)4-7/h5H,2-4,6H2,1H3/p+1. The molecule has 2 heteroatoms. The zero-order valence-electron chi connectivity index (χ0n) is 4.85. The van der Waals surface area contributed by atoms with Crippen molar-refractivity contribution in [3.63, 3.8) is 0 Å². The van der Waals surface area contributed by atoms with Crippen molar-refractivity contribution in [3.8, 4) is 0 Å². The zero-order chi connectivity index (χ0) is 5.28. The molecule has 1 saturated heterocycles. The quantitative estimate of drug-likeness (QED) is 0.414. The van der Waals surface area contributed by atoms with Gasteiger partial charge in [0, 0.05) is 13.0 Å². The fraction of sp³-hybridized carbons (Fsp3) is 1.00. The molecule has 1 fully saturated rings. The van der Waals surface area contributed by atoms with Crippen molar-refractivity contribution in [1.29, 1.82) is 0 Å². The molecule has 0 spiro atoms. The third-order valence-corrected chi connectivity index (χ3v) is 1.49. The summed E-state index contributed by atoms with van der Waals surface area (Å²) in [5, 5.41) is 0. The van der Waals surface area contributed by atoms with Crippen LogP contribution in [0.4, 0.5) is 0 Å². The van der Waals surface area contributed by atoms with Crippen molar-refractivity contribution >= 4 is 0 Å². The molecular weight excluding hydrogens is 88.1 g/mol. The number of likely N-dealkylation sites (N-methyl/N-ethyl adjacent to an activating group) is 1. The van der Waals surface area contributed by atoms with Gasteiger partial charge in [-0.05, 0) is 7.05 Å². The molecule has 1 atom stereocenters. The van der Waals surface area contributed by atoms with Crippen LogP contribution in [0.2, 0.25) is 0 Å². The largest absolute Gasteiger partial charge is 0.354 e. The number of hydrogen-bond donors (Lipinski definition) is 1. The van der Waals surface area contributed by atoms with Gasteiger partial charge in [-0.1, -0.05) is 0 Å².